The van der Waals surface area contributed by atoms with Crippen molar-refractivity contribution in [2.45, 2.75) is 39.0 Å². The van der Waals surface area contributed by atoms with Crippen LogP contribution >= 0.6 is 0 Å². The van der Waals surface area contributed by atoms with E-state index in [1.807, 2.05) is 0 Å². The van der Waals surface area contributed by atoms with E-state index < -0.39 is 0 Å². The topological polar surface area (TPSA) is 38.5 Å². The molecule has 0 saturated carbocycles. The van der Waals surface area contributed by atoms with Crippen LogP contribution in [0, 0.1) is 6.92 Å². The Labute approximate surface area is 110 Å². The van der Waals surface area contributed by atoms with Crippen molar-refractivity contribution < 1.29 is 4.74 Å². The second kappa shape index (κ2) is 5.83. The van der Waals surface area contributed by atoms with Crippen molar-refractivity contribution in [3.05, 3.63) is 35.4 Å². The maximum absolute atomic E-state index is 5.98. The molecule has 3 heteroatoms. The maximum Gasteiger partial charge on any atom is 0.0678 e. The molecule has 1 aliphatic heterocycles. The van der Waals surface area contributed by atoms with Gasteiger partial charge in [0.25, 0.3) is 0 Å². The lowest BCUT2D eigenvalue weighted by molar-refractivity contribution is -0.0799. The summed E-state index contributed by atoms with van der Waals surface area (Å²) in [5.41, 5.74) is 8.58. The molecule has 0 radical (unpaired) electrons. The van der Waals surface area contributed by atoms with Gasteiger partial charge in [0, 0.05) is 25.7 Å². The van der Waals surface area contributed by atoms with Gasteiger partial charge in [-0.05, 0) is 26.3 Å². The van der Waals surface area contributed by atoms with E-state index in [2.05, 4.69) is 49.9 Å². The Morgan fingerprint density at radius 1 is 1.22 bits per heavy atom. The van der Waals surface area contributed by atoms with Crippen LogP contribution < -0.4 is 5.73 Å². The molecule has 1 saturated heterocycles. The molecule has 2 N–H and O–H groups in total. The van der Waals surface area contributed by atoms with Gasteiger partial charge < -0.3 is 10.5 Å². The molecular weight excluding hydrogens is 224 g/mol. The molecule has 0 aliphatic carbocycles. The van der Waals surface area contributed by atoms with E-state index in [9.17, 15) is 0 Å². The van der Waals surface area contributed by atoms with Crippen LogP contribution in [-0.4, -0.2) is 36.7 Å². The fourth-order valence-corrected chi connectivity index (χ4v) is 2.76. The smallest absolute Gasteiger partial charge is 0.0678 e. The first-order chi connectivity index (χ1) is 8.60. The van der Waals surface area contributed by atoms with Crippen molar-refractivity contribution in [3.63, 3.8) is 0 Å². The molecular formula is C15H24N2O. The van der Waals surface area contributed by atoms with Gasteiger partial charge in [-0.2, -0.15) is 0 Å². The molecule has 0 spiro atoms. The molecule has 3 nitrogen and oxygen atoms in total. The van der Waals surface area contributed by atoms with E-state index in [0.717, 1.165) is 13.1 Å². The zero-order chi connectivity index (χ0) is 13.1. The quantitative estimate of drug-likeness (QED) is 0.890. The van der Waals surface area contributed by atoms with Crippen molar-refractivity contribution in [1.29, 1.82) is 0 Å². The second-order valence-corrected chi connectivity index (χ2v) is 5.37. The monoisotopic (exact) mass is 248 g/mol. The summed E-state index contributed by atoms with van der Waals surface area (Å²) in [7, 11) is 0. The number of nitrogens with zero attached hydrogens (tertiary/aromatic N) is 1. The van der Waals surface area contributed by atoms with Crippen LogP contribution in [0.2, 0.25) is 0 Å². The number of morpholine rings is 1. The number of nitrogens with two attached hydrogens (primary N) is 1. The third kappa shape index (κ3) is 3.10. The highest BCUT2D eigenvalue weighted by atomic mass is 16.5. The maximum atomic E-state index is 5.98. The first-order valence-electron chi connectivity index (χ1n) is 6.76. The SMILES string of the molecule is Cc1ccc([C@@H](CN)N2C[C@@H](C)O[C@@H](C)C2)cc1. The van der Waals surface area contributed by atoms with Crippen molar-refractivity contribution in [3.8, 4) is 0 Å². The number of aryl methyl sites for hydroxylation is 1. The van der Waals surface area contributed by atoms with Gasteiger partial charge >= 0.3 is 0 Å². The van der Waals surface area contributed by atoms with Crippen molar-refractivity contribution in [2.24, 2.45) is 5.73 Å². The lowest BCUT2D eigenvalue weighted by Gasteiger charge is -2.40. The van der Waals surface area contributed by atoms with Gasteiger partial charge in [-0.25, -0.2) is 0 Å². The molecule has 0 aromatic heterocycles. The second-order valence-electron chi connectivity index (χ2n) is 5.37. The normalized spacial score (nSPS) is 27.1. The minimum atomic E-state index is 0.285. The van der Waals surface area contributed by atoms with Crippen LogP contribution in [0.15, 0.2) is 24.3 Å². The van der Waals surface area contributed by atoms with Crippen molar-refractivity contribution >= 4 is 0 Å². The zero-order valence-electron chi connectivity index (χ0n) is 11.6. The number of hydrogen-bond donors (Lipinski definition) is 1. The van der Waals surface area contributed by atoms with Gasteiger partial charge in [0.1, 0.15) is 0 Å². The van der Waals surface area contributed by atoms with Crippen LogP contribution in [0.1, 0.15) is 31.0 Å². The Morgan fingerprint density at radius 2 is 1.78 bits per heavy atom. The fourth-order valence-electron chi connectivity index (χ4n) is 2.76. The Balaban J connectivity index is 2.14. The predicted octanol–water partition coefficient (Wildman–Crippen LogP) is 2.10. The summed E-state index contributed by atoms with van der Waals surface area (Å²) in [5, 5.41) is 0. The van der Waals surface area contributed by atoms with Crippen LogP contribution in [0.3, 0.4) is 0 Å². The first kappa shape index (κ1) is 13.5. The van der Waals surface area contributed by atoms with Gasteiger partial charge in [0.05, 0.1) is 12.2 Å². The van der Waals surface area contributed by atoms with Gasteiger partial charge in [-0.1, -0.05) is 29.8 Å². The van der Waals surface area contributed by atoms with E-state index in [-0.39, 0.29) is 12.2 Å². The third-order valence-electron chi connectivity index (χ3n) is 3.57. The van der Waals surface area contributed by atoms with E-state index in [1.165, 1.54) is 11.1 Å². The largest absolute Gasteiger partial charge is 0.373 e. The molecule has 100 valence electrons. The minimum absolute atomic E-state index is 0.285. The van der Waals surface area contributed by atoms with Crippen LogP contribution in [-0.2, 0) is 4.74 Å². The van der Waals surface area contributed by atoms with Crippen molar-refractivity contribution in [1.82, 2.24) is 4.90 Å². The van der Waals surface area contributed by atoms with Crippen LogP contribution in [0.4, 0.5) is 0 Å². The molecule has 2 rings (SSSR count). The highest BCUT2D eigenvalue weighted by Gasteiger charge is 2.27. The number of hydrogen-bond acceptors (Lipinski definition) is 3. The molecule has 1 fully saturated rings. The van der Waals surface area contributed by atoms with Gasteiger partial charge in [-0.3, -0.25) is 4.90 Å². The lowest BCUT2D eigenvalue weighted by Crippen LogP contribution is -2.48. The van der Waals surface area contributed by atoms with E-state index >= 15 is 0 Å². The Hall–Kier alpha value is -0.900. The summed E-state index contributed by atoms with van der Waals surface area (Å²) in [5.74, 6) is 0. The lowest BCUT2D eigenvalue weighted by atomic mass is 10.0. The summed E-state index contributed by atoms with van der Waals surface area (Å²) in [6.45, 7) is 8.94. The number of rotatable bonds is 3. The summed E-state index contributed by atoms with van der Waals surface area (Å²) in [6, 6.07) is 9.01. The molecule has 0 unspecified atom stereocenters. The summed E-state index contributed by atoms with van der Waals surface area (Å²) >= 11 is 0. The first-order valence-corrected chi connectivity index (χ1v) is 6.76. The summed E-state index contributed by atoms with van der Waals surface area (Å²) in [4.78, 5) is 2.45. The molecule has 3 atom stereocenters. The Morgan fingerprint density at radius 3 is 2.28 bits per heavy atom. The molecule has 1 aromatic rings. The Bertz CT molecular complexity index is 367. The fraction of sp³-hybridized carbons (Fsp3) is 0.600. The minimum Gasteiger partial charge on any atom is -0.373 e. The molecule has 1 heterocycles. The molecule has 1 aromatic carbocycles. The average molecular weight is 248 g/mol. The van der Waals surface area contributed by atoms with Crippen molar-refractivity contribution in [2.75, 3.05) is 19.6 Å². The Kier molecular flexibility index (Phi) is 4.38. The molecule has 1 aliphatic rings. The molecule has 18 heavy (non-hydrogen) atoms. The van der Waals surface area contributed by atoms with E-state index in [0.29, 0.717) is 12.6 Å². The van der Waals surface area contributed by atoms with Crippen LogP contribution in [0.25, 0.3) is 0 Å². The standard InChI is InChI=1S/C15H24N2O/c1-11-4-6-14(7-5-11)15(8-16)17-9-12(2)18-13(3)10-17/h4-7,12-13,15H,8-10,16H2,1-3H3/t12-,13+,15-/m1/s1. The molecule has 0 bridgehead atoms. The predicted molar refractivity (Wildman–Crippen MR) is 74.6 cm³/mol. The van der Waals surface area contributed by atoms with Gasteiger partial charge in [0.15, 0.2) is 0 Å². The van der Waals surface area contributed by atoms with Gasteiger partial charge in [0.2, 0.25) is 0 Å². The highest BCUT2D eigenvalue weighted by molar-refractivity contribution is 5.24. The number of ether oxygens (including phenoxy) is 1. The summed E-state index contributed by atoms with van der Waals surface area (Å²) in [6.07, 6.45) is 0.571. The van der Waals surface area contributed by atoms with E-state index in [4.69, 9.17) is 10.5 Å². The summed E-state index contributed by atoms with van der Waals surface area (Å²) < 4.78 is 5.78. The average Bonchev–Trinajstić information content (AvgIpc) is 2.31. The van der Waals surface area contributed by atoms with E-state index in [1.54, 1.807) is 0 Å². The van der Waals surface area contributed by atoms with Crippen LogP contribution in [0.5, 0.6) is 0 Å². The third-order valence-corrected chi connectivity index (χ3v) is 3.57. The van der Waals surface area contributed by atoms with Gasteiger partial charge in [-0.15, -0.1) is 0 Å². The highest BCUT2D eigenvalue weighted by Crippen LogP contribution is 2.24. The molecule has 0 amide bonds. The zero-order valence-corrected chi connectivity index (χ0v) is 11.6. The number of benzene rings is 1.